The molecule has 3 heterocycles. The maximum atomic E-state index is 14.0. The zero-order chi connectivity index (χ0) is 37.6. The molecule has 2 fully saturated rings. The fourth-order valence-corrected chi connectivity index (χ4v) is 7.69. The molecule has 5 rings (SSSR count). The van der Waals surface area contributed by atoms with Gasteiger partial charge in [-0.25, -0.2) is 18.3 Å². The van der Waals surface area contributed by atoms with Crippen molar-refractivity contribution < 1.29 is 37.4 Å². The normalized spacial score (nSPS) is 18.2. The number of hydrogen-bond donors (Lipinski definition) is 5. The molecule has 1 unspecified atom stereocenters. The van der Waals surface area contributed by atoms with Gasteiger partial charge >= 0.3 is 6.03 Å². The molecule has 2 aliphatic heterocycles. The molecule has 2 aliphatic rings. The lowest BCUT2D eigenvalue weighted by atomic mass is 10.0. The number of fused-ring (bicyclic) bond motifs is 1. The van der Waals surface area contributed by atoms with Gasteiger partial charge in [-0.1, -0.05) is 23.8 Å². The molecule has 286 valence electrons. The Kier molecular flexibility index (Phi) is 14.9. The minimum absolute atomic E-state index is 0.0144. The van der Waals surface area contributed by atoms with Crippen molar-refractivity contribution in [3.8, 4) is 11.4 Å². The van der Waals surface area contributed by atoms with Crippen LogP contribution in [0.2, 0.25) is 0 Å². The number of nitrogens with two attached hydrogens (primary N) is 1. The number of rotatable bonds is 22. The number of carbonyl (C=O) groups is 4. The van der Waals surface area contributed by atoms with Gasteiger partial charge in [0.2, 0.25) is 5.91 Å². The zero-order valence-electron chi connectivity index (χ0n) is 29.4. The van der Waals surface area contributed by atoms with Crippen LogP contribution in [0.1, 0.15) is 61.0 Å². The summed E-state index contributed by atoms with van der Waals surface area (Å²) in [5.74, 6) is -2.66. The quantitative estimate of drug-likeness (QED) is 0.0753. The molecule has 14 nitrogen and oxygen atoms in total. The largest absolute Gasteiger partial charge is 0.480 e. The van der Waals surface area contributed by atoms with Crippen molar-refractivity contribution in [1.29, 1.82) is 0 Å². The Bertz CT molecular complexity index is 1690. The summed E-state index contributed by atoms with van der Waals surface area (Å²) in [5.41, 5.74) is 7.10. The average Bonchev–Trinajstić information content (AvgIpc) is 3.87. The molecular formula is C36H46F2N8O6S. The van der Waals surface area contributed by atoms with Crippen molar-refractivity contribution >= 4 is 35.4 Å². The molecule has 3 aromatic rings. The molecule has 0 radical (unpaired) electrons. The van der Waals surface area contributed by atoms with Crippen LogP contribution in [-0.2, 0) is 20.7 Å². The van der Waals surface area contributed by atoms with Crippen LogP contribution in [0, 0.1) is 11.6 Å². The number of para-hydroxylation sites is 1. The standard InChI is InChI=1S/C36H46F2N8O6S/c37-26-9-6-10-27(38)34(26)52-21-30(47)28(11-3-4-15-39)41-35(49)23-7-5-8-25(19-23)46-20-24(44-45-46)14-17-51-18-16-40-32(48)13-2-1-12-31-33-29(22-53-31)42-36(50)43-33/h5-10,19-20,28-29,31,33H,1-4,11-18,21-22,39H2,(H,40,48)(H,41,49)(H2,42,43,50)/t28?,29-,31-,33-/m0/s1. The Labute approximate surface area is 310 Å². The van der Waals surface area contributed by atoms with E-state index in [9.17, 15) is 28.0 Å². The molecule has 0 saturated carbocycles. The van der Waals surface area contributed by atoms with Crippen molar-refractivity contribution in [2.45, 2.75) is 74.7 Å². The lowest BCUT2D eigenvalue weighted by molar-refractivity contribution is -0.123. The third-order valence-electron chi connectivity index (χ3n) is 8.98. The molecule has 0 aliphatic carbocycles. The van der Waals surface area contributed by atoms with Crippen LogP contribution < -0.4 is 31.7 Å². The summed E-state index contributed by atoms with van der Waals surface area (Å²) in [6, 6.07) is 9.22. The van der Waals surface area contributed by atoms with E-state index < -0.39 is 41.7 Å². The number of benzene rings is 2. The molecule has 0 bridgehead atoms. The first-order valence-electron chi connectivity index (χ1n) is 17.9. The number of nitrogens with one attached hydrogen (secondary N) is 4. The second kappa shape index (κ2) is 20.0. The molecule has 17 heteroatoms. The zero-order valence-corrected chi connectivity index (χ0v) is 30.2. The predicted octanol–water partition coefficient (Wildman–Crippen LogP) is 2.82. The summed E-state index contributed by atoms with van der Waals surface area (Å²) >= 11 is 1.87. The number of amides is 4. The predicted molar refractivity (Wildman–Crippen MR) is 194 cm³/mol. The van der Waals surface area contributed by atoms with Gasteiger partial charge in [-0.15, -0.1) is 5.10 Å². The Balaban J connectivity index is 1.00. The van der Waals surface area contributed by atoms with Gasteiger partial charge in [-0.05, 0) is 69.0 Å². The fraction of sp³-hybridized carbons (Fsp3) is 0.500. The van der Waals surface area contributed by atoms with Gasteiger partial charge < -0.3 is 36.5 Å². The first kappa shape index (κ1) is 39.6. The van der Waals surface area contributed by atoms with Crippen LogP contribution >= 0.6 is 11.8 Å². The summed E-state index contributed by atoms with van der Waals surface area (Å²) in [5, 5.41) is 20.3. The van der Waals surface area contributed by atoms with Gasteiger partial charge in [-0.2, -0.15) is 11.8 Å². The van der Waals surface area contributed by atoms with Gasteiger partial charge in [0.1, 0.15) is 6.61 Å². The summed E-state index contributed by atoms with van der Waals surface area (Å²) < 4.78 is 40.3. The molecule has 1 aromatic heterocycles. The number of carbonyl (C=O) groups excluding carboxylic acids is 4. The Morgan fingerprint density at radius 3 is 2.68 bits per heavy atom. The van der Waals surface area contributed by atoms with Gasteiger partial charge in [0.15, 0.2) is 23.2 Å². The van der Waals surface area contributed by atoms with Gasteiger partial charge in [0, 0.05) is 36.0 Å². The lowest BCUT2D eigenvalue weighted by Crippen LogP contribution is -2.43. The Morgan fingerprint density at radius 1 is 1.06 bits per heavy atom. The van der Waals surface area contributed by atoms with Crippen molar-refractivity contribution in [1.82, 2.24) is 36.3 Å². The minimum atomic E-state index is -0.963. The van der Waals surface area contributed by atoms with Crippen LogP contribution in [0.15, 0.2) is 48.7 Å². The highest BCUT2D eigenvalue weighted by atomic mass is 32.2. The molecule has 53 heavy (non-hydrogen) atoms. The van der Waals surface area contributed by atoms with E-state index in [-0.39, 0.29) is 36.0 Å². The van der Waals surface area contributed by atoms with Crippen LogP contribution in [0.3, 0.4) is 0 Å². The number of nitrogens with zero attached hydrogens (tertiary/aromatic N) is 3. The molecular weight excluding hydrogens is 711 g/mol. The Hall–Kier alpha value is -4.61. The van der Waals surface area contributed by atoms with Crippen LogP contribution in [0.5, 0.6) is 5.75 Å². The number of Topliss-reactive ketones (excluding diaryl/α,β-unsaturated/α-hetero) is 1. The highest BCUT2D eigenvalue weighted by Gasteiger charge is 2.42. The average molecular weight is 757 g/mol. The van der Waals surface area contributed by atoms with Crippen LogP contribution in [0.4, 0.5) is 13.6 Å². The number of unbranched alkanes of at least 4 members (excludes halogenated alkanes) is 2. The first-order valence-corrected chi connectivity index (χ1v) is 18.9. The van der Waals surface area contributed by atoms with E-state index in [1.165, 1.54) is 10.7 Å². The second-order valence-corrected chi connectivity index (χ2v) is 14.2. The number of hydrogen-bond acceptors (Lipinski definition) is 10. The smallest absolute Gasteiger partial charge is 0.315 e. The monoisotopic (exact) mass is 756 g/mol. The number of ketones is 1. The van der Waals surface area contributed by atoms with E-state index in [4.69, 9.17) is 15.2 Å². The summed E-state index contributed by atoms with van der Waals surface area (Å²) in [4.78, 5) is 50.0. The second-order valence-electron chi connectivity index (χ2n) is 12.9. The number of aromatic nitrogens is 3. The van der Waals surface area contributed by atoms with E-state index in [2.05, 4.69) is 31.6 Å². The van der Waals surface area contributed by atoms with Crippen molar-refractivity contribution in [3.63, 3.8) is 0 Å². The van der Waals surface area contributed by atoms with Gasteiger partial charge in [0.25, 0.3) is 5.91 Å². The molecule has 0 spiro atoms. The molecule has 6 N–H and O–H groups in total. The van der Waals surface area contributed by atoms with E-state index in [0.29, 0.717) is 68.6 Å². The van der Waals surface area contributed by atoms with E-state index in [1.54, 1.807) is 30.5 Å². The maximum Gasteiger partial charge on any atom is 0.315 e. The van der Waals surface area contributed by atoms with Crippen molar-refractivity contribution in [2.24, 2.45) is 5.73 Å². The summed E-state index contributed by atoms with van der Waals surface area (Å²) in [6.07, 6.45) is 6.78. The number of ether oxygens (including phenoxy) is 2. The van der Waals surface area contributed by atoms with Crippen LogP contribution in [0.25, 0.3) is 5.69 Å². The van der Waals surface area contributed by atoms with Gasteiger partial charge in [-0.3, -0.25) is 14.4 Å². The SMILES string of the molecule is NCCCCC(NC(=O)c1cccc(-n2cc(CCOCCNC(=O)CCCC[C@@H]3SC[C@@H]4NC(=O)N[C@@H]43)nn2)c1)C(=O)COc1c(F)cccc1F. The summed E-state index contributed by atoms with van der Waals surface area (Å²) in [7, 11) is 0. The number of thioether (sulfide) groups is 1. The fourth-order valence-electron chi connectivity index (χ4n) is 6.15. The highest BCUT2D eigenvalue weighted by molar-refractivity contribution is 8.00. The molecule has 4 amide bonds. The first-order chi connectivity index (χ1) is 25.7. The minimum Gasteiger partial charge on any atom is -0.480 e. The lowest BCUT2D eigenvalue weighted by Gasteiger charge is -2.18. The number of halogens is 2. The summed E-state index contributed by atoms with van der Waals surface area (Å²) in [6.45, 7) is 0.901. The van der Waals surface area contributed by atoms with Crippen molar-refractivity contribution in [3.05, 3.63) is 71.6 Å². The van der Waals surface area contributed by atoms with Gasteiger partial charge in [0.05, 0.1) is 48.9 Å². The van der Waals surface area contributed by atoms with Crippen LogP contribution in [-0.4, -0.2) is 101 Å². The third-order valence-corrected chi connectivity index (χ3v) is 10.5. The number of urea groups is 1. The molecule has 2 aromatic carbocycles. The maximum absolute atomic E-state index is 14.0. The van der Waals surface area contributed by atoms with Crippen molar-refractivity contribution in [2.75, 3.05) is 38.7 Å². The van der Waals surface area contributed by atoms with E-state index in [1.807, 2.05) is 11.8 Å². The molecule has 4 atom stereocenters. The highest BCUT2D eigenvalue weighted by Crippen LogP contribution is 2.33. The third kappa shape index (κ3) is 11.7. The Morgan fingerprint density at radius 2 is 1.87 bits per heavy atom. The van der Waals surface area contributed by atoms with E-state index >= 15 is 0 Å². The molecule has 2 saturated heterocycles. The topological polar surface area (TPSA) is 192 Å². The van der Waals surface area contributed by atoms with E-state index in [0.717, 1.165) is 37.1 Å².